The Balaban J connectivity index is 2.41. The fourth-order valence-electron chi connectivity index (χ4n) is 0.999. The van der Waals surface area contributed by atoms with Crippen LogP contribution in [0, 0.1) is 5.92 Å². The number of rotatable bonds is 4. The van der Waals surface area contributed by atoms with E-state index in [-0.39, 0.29) is 12.4 Å². The molecule has 0 atom stereocenters. The minimum atomic E-state index is -0.249. The van der Waals surface area contributed by atoms with Crippen molar-refractivity contribution in [1.29, 1.82) is 0 Å². The molecule has 4 nitrogen and oxygen atoms in total. The van der Waals surface area contributed by atoms with Gasteiger partial charge in [0.05, 0.1) is 30.6 Å². The summed E-state index contributed by atoms with van der Waals surface area (Å²) in [6, 6.07) is 3.45. The number of pyridine rings is 1. The zero-order chi connectivity index (χ0) is 11.3. The number of carbonyl (C=O) groups excluding carboxylic acids is 1. The van der Waals surface area contributed by atoms with E-state index in [1.165, 1.54) is 6.20 Å². The molecule has 1 rings (SSSR count). The fourth-order valence-corrected chi connectivity index (χ4v) is 0.999. The van der Waals surface area contributed by atoms with Crippen molar-refractivity contribution < 1.29 is 9.53 Å². The quantitative estimate of drug-likeness (QED) is 0.760. The van der Waals surface area contributed by atoms with Crippen LogP contribution in [0.25, 0.3) is 0 Å². The highest BCUT2D eigenvalue weighted by atomic mass is 16.5. The van der Waals surface area contributed by atoms with Gasteiger partial charge < -0.3 is 10.5 Å². The van der Waals surface area contributed by atoms with Crippen molar-refractivity contribution in [1.82, 2.24) is 4.98 Å². The lowest BCUT2D eigenvalue weighted by atomic mass is 10.2. The first-order valence-corrected chi connectivity index (χ1v) is 4.94. The van der Waals surface area contributed by atoms with Crippen LogP contribution in [0.15, 0.2) is 18.3 Å². The van der Waals surface area contributed by atoms with Gasteiger partial charge in [-0.05, 0) is 18.1 Å². The summed E-state index contributed by atoms with van der Waals surface area (Å²) in [5, 5.41) is 0. The van der Waals surface area contributed by atoms with Crippen LogP contribution < -0.4 is 5.73 Å². The summed E-state index contributed by atoms with van der Waals surface area (Å²) in [6.07, 6.45) is 1.73. The number of nitrogens with zero attached hydrogens (tertiary/aromatic N) is 1. The summed E-state index contributed by atoms with van der Waals surface area (Å²) < 4.78 is 5.03. The number of hydrogen-bond donors (Lipinski definition) is 1. The highest BCUT2D eigenvalue weighted by molar-refractivity contribution is 5.72. The number of nitrogens with two attached hydrogens (primary N) is 1. The average molecular weight is 208 g/mol. The first kappa shape index (κ1) is 11.5. The van der Waals surface area contributed by atoms with Crippen molar-refractivity contribution >= 4 is 11.7 Å². The summed E-state index contributed by atoms with van der Waals surface area (Å²) in [5.74, 6) is 0.106. The van der Waals surface area contributed by atoms with E-state index in [0.29, 0.717) is 23.9 Å². The van der Waals surface area contributed by atoms with Gasteiger partial charge in [-0.25, -0.2) is 0 Å². The number of carbonyl (C=O) groups is 1. The number of ether oxygens (including phenoxy) is 1. The van der Waals surface area contributed by atoms with Crippen molar-refractivity contribution in [3.05, 3.63) is 24.0 Å². The van der Waals surface area contributed by atoms with Gasteiger partial charge in [0.1, 0.15) is 0 Å². The van der Waals surface area contributed by atoms with E-state index in [9.17, 15) is 4.79 Å². The summed E-state index contributed by atoms with van der Waals surface area (Å²) in [6.45, 7) is 4.44. The fraction of sp³-hybridized carbons (Fsp3) is 0.455. The van der Waals surface area contributed by atoms with Crippen LogP contribution >= 0.6 is 0 Å². The van der Waals surface area contributed by atoms with Gasteiger partial charge in [0, 0.05) is 0 Å². The minimum Gasteiger partial charge on any atom is -0.465 e. The van der Waals surface area contributed by atoms with Gasteiger partial charge in [-0.2, -0.15) is 0 Å². The molecule has 82 valence electrons. The van der Waals surface area contributed by atoms with E-state index in [4.69, 9.17) is 10.5 Å². The van der Waals surface area contributed by atoms with Crippen molar-refractivity contribution in [2.24, 2.45) is 5.92 Å². The highest BCUT2D eigenvalue weighted by Gasteiger charge is 2.06. The summed E-state index contributed by atoms with van der Waals surface area (Å²) in [5.41, 5.74) is 6.75. The van der Waals surface area contributed by atoms with Crippen molar-refractivity contribution in [2.45, 2.75) is 20.3 Å². The predicted octanol–water partition coefficient (Wildman–Crippen LogP) is 1.41. The molecule has 0 spiro atoms. The molecule has 0 fully saturated rings. The lowest BCUT2D eigenvalue weighted by Crippen LogP contribution is -2.12. The first-order chi connectivity index (χ1) is 7.08. The molecule has 0 bridgehead atoms. The topological polar surface area (TPSA) is 65.2 Å². The molecular formula is C11H16N2O2. The first-order valence-electron chi connectivity index (χ1n) is 4.94. The van der Waals surface area contributed by atoms with E-state index in [0.717, 1.165) is 0 Å². The molecule has 0 aliphatic carbocycles. The van der Waals surface area contributed by atoms with Gasteiger partial charge in [-0.1, -0.05) is 13.8 Å². The van der Waals surface area contributed by atoms with Gasteiger partial charge >= 0.3 is 5.97 Å². The lowest BCUT2D eigenvalue weighted by Gasteiger charge is -2.06. The number of anilines is 1. The molecule has 0 saturated heterocycles. The Morgan fingerprint density at radius 1 is 1.53 bits per heavy atom. The Labute approximate surface area is 89.5 Å². The van der Waals surface area contributed by atoms with Gasteiger partial charge in [-0.15, -0.1) is 0 Å². The Bertz CT molecular complexity index is 320. The van der Waals surface area contributed by atoms with Crippen LogP contribution in [0.3, 0.4) is 0 Å². The summed E-state index contributed by atoms with van der Waals surface area (Å²) in [7, 11) is 0. The molecule has 1 aromatic rings. The predicted molar refractivity (Wildman–Crippen MR) is 58.2 cm³/mol. The average Bonchev–Trinajstić information content (AvgIpc) is 2.19. The van der Waals surface area contributed by atoms with Crippen molar-refractivity contribution in [2.75, 3.05) is 12.3 Å². The molecule has 0 saturated carbocycles. The lowest BCUT2D eigenvalue weighted by molar-refractivity contribution is -0.143. The number of hydrogen-bond acceptors (Lipinski definition) is 4. The highest BCUT2D eigenvalue weighted by Crippen LogP contribution is 2.03. The number of esters is 1. The molecule has 0 aromatic carbocycles. The Morgan fingerprint density at radius 3 is 2.80 bits per heavy atom. The third-order valence-corrected chi connectivity index (χ3v) is 1.75. The molecule has 15 heavy (non-hydrogen) atoms. The molecule has 0 unspecified atom stereocenters. The molecule has 0 amide bonds. The number of nitrogen functional groups attached to an aromatic ring is 1. The molecule has 2 N–H and O–H groups in total. The standard InChI is InChI=1S/C11H16N2O2/c1-8(2)7-15-11(14)5-10-4-3-9(12)6-13-10/h3-4,6,8H,5,7,12H2,1-2H3. The third kappa shape index (κ3) is 4.44. The SMILES string of the molecule is CC(C)COC(=O)Cc1ccc(N)cn1. The molecule has 1 heterocycles. The Kier molecular flexibility index (Phi) is 4.09. The van der Waals surface area contributed by atoms with Gasteiger partial charge in [0.15, 0.2) is 0 Å². The van der Waals surface area contributed by atoms with Crippen LogP contribution in [-0.2, 0) is 16.0 Å². The van der Waals surface area contributed by atoms with Crippen molar-refractivity contribution in [3.63, 3.8) is 0 Å². The molecule has 4 heteroatoms. The van der Waals surface area contributed by atoms with Crippen LogP contribution in [-0.4, -0.2) is 17.6 Å². The maximum Gasteiger partial charge on any atom is 0.311 e. The maximum atomic E-state index is 11.3. The largest absolute Gasteiger partial charge is 0.465 e. The van der Waals surface area contributed by atoms with E-state index < -0.39 is 0 Å². The van der Waals surface area contributed by atoms with Crippen molar-refractivity contribution in [3.8, 4) is 0 Å². The van der Waals surface area contributed by atoms with E-state index in [2.05, 4.69) is 4.98 Å². The third-order valence-electron chi connectivity index (χ3n) is 1.75. The van der Waals surface area contributed by atoms with E-state index in [1.54, 1.807) is 12.1 Å². The molecule has 0 aliphatic rings. The Hall–Kier alpha value is -1.58. The molecule has 0 radical (unpaired) electrons. The molecular weight excluding hydrogens is 192 g/mol. The second-order valence-electron chi connectivity index (χ2n) is 3.84. The van der Waals surface area contributed by atoms with Gasteiger partial charge in [0.25, 0.3) is 0 Å². The van der Waals surface area contributed by atoms with Crippen LogP contribution in [0.1, 0.15) is 19.5 Å². The second-order valence-corrected chi connectivity index (χ2v) is 3.84. The monoisotopic (exact) mass is 208 g/mol. The molecule has 1 aromatic heterocycles. The molecule has 0 aliphatic heterocycles. The second kappa shape index (κ2) is 5.34. The number of aromatic nitrogens is 1. The van der Waals surface area contributed by atoms with Crippen LogP contribution in [0.2, 0.25) is 0 Å². The zero-order valence-corrected chi connectivity index (χ0v) is 9.06. The summed E-state index contributed by atoms with van der Waals surface area (Å²) >= 11 is 0. The van der Waals surface area contributed by atoms with Gasteiger partial charge in [-0.3, -0.25) is 9.78 Å². The minimum absolute atomic E-state index is 0.201. The van der Waals surface area contributed by atoms with E-state index in [1.807, 2.05) is 13.8 Å². The van der Waals surface area contributed by atoms with Gasteiger partial charge in [0.2, 0.25) is 0 Å². The maximum absolute atomic E-state index is 11.3. The summed E-state index contributed by atoms with van der Waals surface area (Å²) in [4.78, 5) is 15.3. The smallest absolute Gasteiger partial charge is 0.311 e. The van der Waals surface area contributed by atoms with Crippen LogP contribution in [0.5, 0.6) is 0 Å². The Morgan fingerprint density at radius 2 is 2.27 bits per heavy atom. The van der Waals surface area contributed by atoms with Crippen LogP contribution in [0.4, 0.5) is 5.69 Å². The normalized spacial score (nSPS) is 10.3. The van der Waals surface area contributed by atoms with E-state index >= 15 is 0 Å². The zero-order valence-electron chi connectivity index (χ0n) is 9.06.